The van der Waals surface area contributed by atoms with Crippen molar-refractivity contribution in [3.63, 3.8) is 0 Å². The Morgan fingerprint density at radius 3 is 2.48 bits per heavy atom. The van der Waals surface area contributed by atoms with Crippen LogP contribution >= 0.6 is 0 Å². The van der Waals surface area contributed by atoms with Gasteiger partial charge in [-0.15, -0.1) is 0 Å². The van der Waals surface area contributed by atoms with Gasteiger partial charge in [-0.2, -0.15) is 0 Å². The Kier molecular flexibility index (Phi) is 5.85. The molecule has 1 heterocycles. The largest absolute Gasteiger partial charge is 0.474 e. The van der Waals surface area contributed by atoms with Crippen LogP contribution in [-0.2, 0) is 9.53 Å². The first-order valence-corrected chi connectivity index (χ1v) is 10.1. The summed E-state index contributed by atoms with van der Waals surface area (Å²) in [6, 6.07) is 21.9. The monoisotopic (exact) mass is 414 g/mol. The van der Waals surface area contributed by atoms with E-state index in [1.54, 1.807) is 43.3 Å². The zero-order valence-electron chi connectivity index (χ0n) is 17.3. The molecular weight excluding hydrogens is 392 g/mol. The van der Waals surface area contributed by atoms with E-state index in [0.717, 1.165) is 11.1 Å². The third-order valence-corrected chi connectivity index (χ3v) is 4.87. The van der Waals surface area contributed by atoms with Crippen LogP contribution in [0.4, 0.5) is 0 Å². The molecule has 31 heavy (non-hydrogen) atoms. The molecule has 0 radical (unpaired) electrons. The molecule has 0 amide bonds. The maximum atomic E-state index is 12.7. The number of hydrogen-bond donors (Lipinski definition) is 0. The summed E-state index contributed by atoms with van der Waals surface area (Å²) in [5.41, 5.74) is 3.15. The summed E-state index contributed by atoms with van der Waals surface area (Å²) in [5.74, 6) is 0.390. The molecule has 1 aliphatic rings. The quantitative estimate of drug-likeness (QED) is 0.405. The summed E-state index contributed by atoms with van der Waals surface area (Å²) in [6.07, 6.45) is 0.798. The Labute approximate surface area is 180 Å². The summed E-state index contributed by atoms with van der Waals surface area (Å²) >= 11 is 0. The van der Waals surface area contributed by atoms with E-state index in [4.69, 9.17) is 14.2 Å². The highest BCUT2D eigenvalue weighted by Crippen LogP contribution is 2.36. The normalized spacial score (nSPS) is 14.6. The second-order valence-corrected chi connectivity index (χ2v) is 7.17. The molecule has 0 N–H and O–H groups in total. The topological polar surface area (TPSA) is 61.8 Å². The smallest absolute Gasteiger partial charge is 0.352 e. The van der Waals surface area contributed by atoms with Crippen LogP contribution in [0, 0.1) is 6.92 Å². The summed E-state index contributed by atoms with van der Waals surface area (Å²) in [6.45, 7) is 4.00. The number of benzene rings is 3. The minimum atomic E-state index is -0.918. The molecular formula is C26H22O5. The Bertz CT molecular complexity index is 1130. The number of hydrogen-bond acceptors (Lipinski definition) is 5. The highest BCUT2D eigenvalue weighted by atomic mass is 16.6. The Morgan fingerprint density at radius 1 is 1.03 bits per heavy atom. The van der Waals surface area contributed by atoms with Crippen molar-refractivity contribution in [2.24, 2.45) is 0 Å². The fraction of sp³-hybridized carbons (Fsp3) is 0.154. The first kappa shape index (κ1) is 20.4. The van der Waals surface area contributed by atoms with E-state index < -0.39 is 12.1 Å². The molecule has 1 atom stereocenters. The summed E-state index contributed by atoms with van der Waals surface area (Å²) in [4.78, 5) is 25.2. The lowest BCUT2D eigenvalue weighted by Crippen LogP contribution is -2.21. The Hall–Kier alpha value is -3.86. The molecule has 4 rings (SSSR count). The van der Waals surface area contributed by atoms with Crippen LogP contribution in [0.15, 0.2) is 78.6 Å². The van der Waals surface area contributed by atoms with E-state index in [9.17, 15) is 9.59 Å². The van der Waals surface area contributed by atoms with E-state index in [1.165, 1.54) is 0 Å². The van der Waals surface area contributed by atoms with Crippen molar-refractivity contribution in [1.82, 2.24) is 0 Å². The molecule has 0 fully saturated rings. The highest BCUT2D eigenvalue weighted by molar-refractivity contribution is 6.14. The second-order valence-electron chi connectivity index (χ2n) is 7.17. The van der Waals surface area contributed by atoms with E-state index >= 15 is 0 Å². The first-order valence-electron chi connectivity index (χ1n) is 10.1. The molecule has 0 saturated carbocycles. The number of carbonyl (C=O) groups excluding carboxylic acids is 2. The molecule has 1 aliphatic heterocycles. The van der Waals surface area contributed by atoms with E-state index in [-0.39, 0.29) is 18.1 Å². The minimum Gasteiger partial charge on any atom is -0.474 e. The van der Waals surface area contributed by atoms with E-state index in [0.29, 0.717) is 22.6 Å². The fourth-order valence-electron chi connectivity index (χ4n) is 3.29. The number of allylic oxidation sites excluding steroid dienone is 1. The molecule has 1 unspecified atom stereocenters. The van der Waals surface area contributed by atoms with Crippen LogP contribution in [0.3, 0.4) is 0 Å². The van der Waals surface area contributed by atoms with Crippen LogP contribution in [0.25, 0.3) is 6.08 Å². The third kappa shape index (κ3) is 4.51. The van der Waals surface area contributed by atoms with Gasteiger partial charge < -0.3 is 14.2 Å². The van der Waals surface area contributed by atoms with Crippen molar-refractivity contribution in [3.8, 4) is 11.5 Å². The molecule has 0 saturated heterocycles. The number of esters is 1. The number of aryl methyl sites for hydroxylation is 1. The molecule has 156 valence electrons. The lowest BCUT2D eigenvalue weighted by molar-refractivity contribution is -0.151. The van der Waals surface area contributed by atoms with Gasteiger partial charge >= 0.3 is 5.97 Å². The number of Topliss-reactive ketones (excluding diaryl/α,β-unsaturated/α-hetero) is 1. The summed E-state index contributed by atoms with van der Waals surface area (Å²) in [5, 5.41) is 0. The Balaban J connectivity index is 1.58. The SMILES string of the molecule is CCOC(=O)C(Oc1ccc2c(c1)OC(=Cc1ccc(C)cc1)C2=O)c1ccccc1. The van der Waals surface area contributed by atoms with Gasteiger partial charge in [0.25, 0.3) is 0 Å². The number of rotatable bonds is 6. The van der Waals surface area contributed by atoms with Gasteiger partial charge in [-0.3, -0.25) is 4.79 Å². The third-order valence-electron chi connectivity index (χ3n) is 4.87. The van der Waals surface area contributed by atoms with Gasteiger partial charge in [-0.25, -0.2) is 4.79 Å². The van der Waals surface area contributed by atoms with Gasteiger partial charge in [0, 0.05) is 11.6 Å². The molecule has 3 aromatic rings. The van der Waals surface area contributed by atoms with Gasteiger partial charge in [0.1, 0.15) is 11.5 Å². The van der Waals surface area contributed by atoms with Crippen LogP contribution in [-0.4, -0.2) is 18.4 Å². The molecule has 3 aromatic carbocycles. The zero-order chi connectivity index (χ0) is 21.8. The standard InChI is InChI=1S/C26H22O5/c1-3-29-26(28)25(19-7-5-4-6-8-19)30-20-13-14-21-22(16-20)31-23(24(21)27)15-18-11-9-17(2)10-12-18/h4-16,25H,3H2,1-2H3. The molecule has 5 heteroatoms. The molecule has 0 bridgehead atoms. The average Bonchev–Trinajstić information content (AvgIpc) is 3.09. The molecule has 5 nitrogen and oxygen atoms in total. The summed E-state index contributed by atoms with van der Waals surface area (Å²) < 4.78 is 16.9. The number of ketones is 1. The van der Waals surface area contributed by atoms with Crippen molar-refractivity contribution in [2.45, 2.75) is 20.0 Å². The highest BCUT2D eigenvalue weighted by Gasteiger charge is 2.29. The van der Waals surface area contributed by atoms with Crippen molar-refractivity contribution in [3.05, 3.63) is 101 Å². The van der Waals surface area contributed by atoms with Crippen molar-refractivity contribution in [1.29, 1.82) is 0 Å². The van der Waals surface area contributed by atoms with Crippen LogP contribution in [0.1, 0.15) is 40.1 Å². The molecule has 0 aromatic heterocycles. The number of fused-ring (bicyclic) bond motifs is 1. The van der Waals surface area contributed by atoms with Crippen molar-refractivity contribution in [2.75, 3.05) is 6.61 Å². The molecule has 0 spiro atoms. The number of carbonyl (C=O) groups is 2. The fourth-order valence-corrected chi connectivity index (χ4v) is 3.29. The predicted octanol–water partition coefficient (Wildman–Crippen LogP) is 5.29. The van der Waals surface area contributed by atoms with Crippen molar-refractivity contribution >= 4 is 17.8 Å². The lowest BCUT2D eigenvalue weighted by Gasteiger charge is -2.18. The average molecular weight is 414 g/mol. The van der Waals surface area contributed by atoms with Crippen molar-refractivity contribution < 1.29 is 23.8 Å². The number of ether oxygens (including phenoxy) is 3. The van der Waals surface area contributed by atoms with Gasteiger partial charge in [-0.1, -0.05) is 60.2 Å². The van der Waals surface area contributed by atoms with Crippen LogP contribution in [0.2, 0.25) is 0 Å². The Morgan fingerprint density at radius 2 is 1.77 bits per heavy atom. The van der Waals surface area contributed by atoms with Gasteiger partial charge in [0.15, 0.2) is 5.76 Å². The summed E-state index contributed by atoms with van der Waals surface area (Å²) in [7, 11) is 0. The zero-order valence-corrected chi connectivity index (χ0v) is 17.3. The van der Waals surface area contributed by atoms with Gasteiger partial charge in [-0.05, 0) is 37.6 Å². The van der Waals surface area contributed by atoms with Crippen LogP contribution in [0.5, 0.6) is 11.5 Å². The van der Waals surface area contributed by atoms with E-state index in [2.05, 4.69) is 0 Å². The second kappa shape index (κ2) is 8.88. The lowest BCUT2D eigenvalue weighted by atomic mass is 10.1. The first-order chi connectivity index (χ1) is 15.0. The maximum Gasteiger partial charge on any atom is 0.352 e. The maximum absolute atomic E-state index is 12.7. The van der Waals surface area contributed by atoms with Gasteiger partial charge in [0.2, 0.25) is 11.9 Å². The van der Waals surface area contributed by atoms with Crippen LogP contribution < -0.4 is 9.47 Å². The minimum absolute atomic E-state index is 0.188. The van der Waals surface area contributed by atoms with Gasteiger partial charge in [0.05, 0.1) is 12.2 Å². The van der Waals surface area contributed by atoms with E-state index in [1.807, 2.05) is 49.4 Å². The predicted molar refractivity (Wildman–Crippen MR) is 117 cm³/mol. The molecule has 0 aliphatic carbocycles.